The van der Waals surface area contributed by atoms with Crippen LogP contribution in [-0.2, 0) is 0 Å². The molecule has 0 saturated heterocycles. The predicted octanol–water partition coefficient (Wildman–Crippen LogP) is 3.58. The Morgan fingerprint density at radius 2 is 1.95 bits per heavy atom. The summed E-state index contributed by atoms with van der Waals surface area (Å²) in [5, 5.41) is 13.4. The van der Waals surface area contributed by atoms with Gasteiger partial charge in [0.15, 0.2) is 15.8 Å². The van der Waals surface area contributed by atoms with Crippen molar-refractivity contribution in [3.8, 4) is 11.5 Å². The number of benzene rings is 1. The van der Waals surface area contributed by atoms with E-state index in [1.165, 1.54) is 14.2 Å². The van der Waals surface area contributed by atoms with Crippen LogP contribution in [0.2, 0.25) is 4.34 Å². The normalized spacial score (nSPS) is 10.1. The largest absolute Gasteiger partial charge is 0.493 e. The lowest BCUT2D eigenvalue weighted by Crippen LogP contribution is -2.10. The van der Waals surface area contributed by atoms with Crippen molar-refractivity contribution < 1.29 is 19.2 Å². The molecule has 1 N–H and O–H groups in total. The molecule has 0 aliphatic carbocycles. The Kier molecular flexibility index (Phi) is 4.84. The number of nitrogens with zero attached hydrogens (tertiary/aromatic N) is 1. The van der Waals surface area contributed by atoms with E-state index in [2.05, 4.69) is 5.32 Å². The fourth-order valence-electron chi connectivity index (χ4n) is 1.70. The van der Waals surface area contributed by atoms with Gasteiger partial charge in [-0.15, -0.1) is 11.3 Å². The maximum absolute atomic E-state index is 12.1. The van der Waals surface area contributed by atoms with Crippen molar-refractivity contribution >= 4 is 40.2 Å². The molecule has 0 radical (unpaired) electrons. The Balaban J connectivity index is 2.22. The van der Waals surface area contributed by atoms with Gasteiger partial charge in [-0.1, -0.05) is 11.6 Å². The van der Waals surface area contributed by atoms with Crippen molar-refractivity contribution in [1.82, 2.24) is 0 Å². The average Bonchev–Trinajstić information content (AvgIpc) is 2.89. The van der Waals surface area contributed by atoms with E-state index < -0.39 is 10.8 Å². The summed E-state index contributed by atoms with van der Waals surface area (Å²) in [4.78, 5) is 22.4. The van der Waals surface area contributed by atoms with Gasteiger partial charge in [0.25, 0.3) is 11.6 Å². The van der Waals surface area contributed by atoms with Gasteiger partial charge in [0.05, 0.1) is 19.1 Å². The lowest BCUT2D eigenvalue weighted by atomic mass is 10.2. The van der Waals surface area contributed by atoms with Crippen LogP contribution in [-0.4, -0.2) is 25.1 Å². The van der Waals surface area contributed by atoms with Crippen LogP contribution in [0.15, 0.2) is 24.3 Å². The number of halogens is 1. The molecule has 1 aromatic carbocycles. The van der Waals surface area contributed by atoms with Crippen LogP contribution >= 0.6 is 22.9 Å². The predicted molar refractivity (Wildman–Crippen MR) is 83.5 cm³/mol. The molecule has 1 amide bonds. The first kappa shape index (κ1) is 16.1. The monoisotopic (exact) mass is 342 g/mol. The summed E-state index contributed by atoms with van der Waals surface area (Å²) in [5.41, 5.74) is 0.180. The summed E-state index contributed by atoms with van der Waals surface area (Å²) in [6.07, 6.45) is 0. The fraction of sp³-hybridized carbons (Fsp3) is 0.154. The lowest BCUT2D eigenvalue weighted by Gasteiger charge is -2.10. The van der Waals surface area contributed by atoms with Crippen molar-refractivity contribution in [2.24, 2.45) is 0 Å². The van der Waals surface area contributed by atoms with Gasteiger partial charge in [-0.2, -0.15) is 0 Å². The summed E-state index contributed by atoms with van der Waals surface area (Å²) in [7, 11) is 2.98. The first-order valence-corrected chi connectivity index (χ1v) is 7.12. The van der Waals surface area contributed by atoms with Crippen molar-refractivity contribution in [2.75, 3.05) is 19.5 Å². The van der Waals surface area contributed by atoms with E-state index in [-0.39, 0.29) is 14.9 Å². The Hall–Kier alpha value is -2.32. The number of anilines is 1. The molecule has 1 aromatic heterocycles. The van der Waals surface area contributed by atoms with E-state index in [4.69, 9.17) is 21.1 Å². The summed E-state index contributed by atoms with van der Waals surface area (Å²) in [5.74, 6) is 0.484. The molecule has 0 unspecified atom stereocenters. The number of amides is 1. The molecule has 2 rings (SSSR count). The SMILES string of the molecule is COc1ccc(NC(=O)c2cc([N+](=O)[O-])c(Cl)s2)cc1OC. The number of rotatable bonds is 5. The highest BCUT2D eigenvalue weighted by Gasteiger charge is 2.21. The van der Waals surface area contributed by atoms with Gasteiger partial charge in [0, 0.05) is 17.8 Å². The van der Waals surface area contributed by atoms with E-state index in [1.54, 1.807) is 18.2 Å². The standard InChI is InChI=1S/C13H11ClN2O5S/c1-20-9-4-3-7(5-10(9)21-2)15-13(17)11-6-8(16(18)19)12(14)22-11/h3-6H,1-2H3,(H,15,17). The number of nitro groups is 1. The molecule has 116 valence electrons. The van der Waals surface area contributed by atoms with Gasteiger partial charge in [0.2, 0.25) is 0 Å². The molecule has 0 spiro atoms. The second kappa shape index (κ2) is 6.63. The molecule has 0 aliphatic heterocycles. The Morgan fingerprint density at radius 3 is 2.50 bits per heavy atom. The van der Waals surface area contributed by atoms with Crippen molar-refractivity contribution in [2.45, 2.75) is 0 Å². The van der Waals surface area contributed by atoms with Crippen LogP contribution < -0.4 is 14.8 Å². The van der Waals surface area contributed by atoms with Crippen LogP contribution in [0.4, 0.5) is 11.4 Å². The number of hydrogen-bond donors (Lipinski definition) is 1. The number of thiophene rings is 1. The Morgan fingerprint density at radius 1 is 1.27 bits per heavy atom. The number of nitrogens with one attached hydrogen (secondary N) is 1. The van der Waals surface area contributed by atoms with Crippen LogP contribution in [0.25, 0.3) is 0 Å². The van der Waals surface area contributed by atoms with Gasteiger partial charge in [0.1, 0.15) is 4.88 Å². The number of carbonyl (C=O) groups is 1. The van der Waals surface area contributed by atoms with Gasteiger partial charge in [-0.3, -0.25) is 14.9 Å². The van der Waals surface area contributed by atoms with E-state index in [1.807, 2.05) is 0 Å². The first-order valence-electron chi connectivity index (χ1n) is 5.93. The van der Waals surface area contributed by atoms with Crippen LogP contribution in [0, 0.1) is 10.1 Å². The third-order valence-electron chi connectivity index (χ3n) is 2.73. The minimum Gasteiger partial charge on any atom is -0.493 e. The van der Waals surface area contributed by atoms with E-state index in [0.717, 1.165) is 17.4 Å². The van der Waals surface area contributed by atoms with E-state index in [9.17, 15) is 14.9 Å². The molecule has 1 heterocycles. The van der Waals surface area contributed by atoms with Gasteiger partial charge in [-0.05, 0) is 12.1 Å². The van der Waals surface area contributed by atoms with Crippen LogP contribution in [0.3, 0.4) is 0 Å². The molecule has 2 aromatic rings. The Labute approximate surface area is 134 Å². The molecular weight excluding hydrogens is 332 g/mol. The zero-order valence-corrected chi connectivity index (χ0v) is 13.2. The zero-order chi connectivity index (χ0) is 16.3. The molecule has 0 bridgehead atoms. The molecule has 9 heteroatoms. The summed E-state index contributed by atoms with van der Waals surface area (Å²) in [6.45, 7) is 0. The molecule has 0 fully saturated rings. The highest BCUT2D eigenvalue weighted by molar-refractivity contribution is 7.18. The highest BCUT2D eigenvalue weighted by Crippen LogP contribution is 2.35. The second-order valence-electron chi connectivity index (χ2n) is 4.05. The Bertz CT molecular complexity index is 731. The molecule has 7 nitrogen and oxygen atoms in total. The molecule has 0 saturated carbocycles. The number of hydrogen-bond acceptors (Lipinski definition) is 6. The van der Waals surface area contributed by atoms with Crippen molar-refractivity contribution in [3.63, 3.8) is 0 Å². The maximum Gasteiger partial charge on any atom is 0.299 e. The fourth-order valence-corrected chi connectivity index (χ4v) is 2.82. The molecule has 0 atom stereocenters. The lowest BCUT2D eigenvalue weighted by molar-refractivity contribution is -0.384. The van der Waals surface area contributed by atoms with Gasteiger partial charge in [-0.25, -0.2) is 0 Å². The van der Waals surface area contributed by atoms with Crippen molar-refractivity contribution in [3.05, 3.63) is 43.6 Å². The van der Waals surface area contributed by atoms with E-state index >= 15 is 0 Å². The van der Waals surface area contributed by atoms with E-state index in [0.29, 0.717) is 17.2 Å². The quantitative estimate of drug-likeness (QED) is 0.662. The molecule has 22 heavy (non-hydrogen) atoms. The molecule has 0 aliphatic rings. The highest BCUT2D eigenvalue weighted by atomic mass is 35.5. The van der Waals surface area contributed by atoms with Crippen LogP contribution in [0.5, 0.6) is 11.5 Å². The summed E-state index contributed by atoms with van der Waals surface area (Å²) < 4.78 is 10.2. The van der Waals surface area contributed by atoms with Gasteiger partial charge >= 0.3 is 0 Å². The summed E-state index contributed by atoms with van der Waals surface area (Å²) >= 11 is 6.58. The second-order valence-corrected chi connectivity index (χ2v) is 5.70. The topological polar surface area (TPSA) is 90.7 Å². The first-order chi connectivity index (χ1) is 10.5. The van der Waals surface area contributed by atoms with Crippen LogP contribution in [0.1, 0.15) is 9.67 Å². The average molecular weight is 343 g/mol. The molecular formula is C13H11ClN2O5S. The summed E-state index contributed by atoms with van der Waals surface area (Å²) in [6, 6.07) is 5.99. The maximum atomic E-state index is 12.1. The number of carbonyl (C=O) groups excluding carboxylic acids is 1. The minimum atomic E-state index is -0.633. The van der Waals surface area contributed by atoms with Gasteiger partial charge < -0.3 is 14.8 Å². The number of ether oxygens (including phenoxy) is 2. The van der Waals surface area contributed by atoms with Crippen molar-refractivity contribution in [1.29, 1.82) is 0 Å². The number of methoxy groups -OCH3 is 2. The third-order valence-corrected chi connectivity index (χ3v) is 4.07. The zero-order valence-electron chi connectivity index (χ0n) is 11.6. The minimum absolute atomic E-state index is 0.0394. The third kappa shape index (κ3) is 3.29. The smallest absolute Gasteiger partial charge is 0.299 e.